The van der Waals surface area contributed by atoms with Crippen LogP contribution in [0, 0.1) is 34.5 Å². The standard InChI is InChI=1S/C31H38N2O4S/c1-5-33-24-9-7-6-8-23(24)32-28(33)38-17-26(36)31(37)18(2)14-22-21-11-10-19-15-20(34)12-13-29(19,3)27(21)25(35)16-30(22,31)4/h6-9,12-13,15,18,21-22,25,27,35,37H,5,10-11,14,16-17H2,1-4H3/t18-,21?,22?,25+,27?,29?,30?,31+/m1/s1. The van der Waals surface area contributed by atoms with Gasteiger partial charge in [0.05, 0.1) is 22.9 Å². The molecule has 38 heavy (non-hydrogen) atoms. The van der Waals surface area contributed by atoms with E-state index in [1.54, 1.807) is 12.2 Å². The molecule has 0 aliphatic heterocycles. The first-order valence-electron chi connectivity index (χ1n) is 14.0. The Kier molecular flexibility index (Phi) is 6.10. The van der Waals surface area contributed by atoms with Gasteiger partial charge in [0.1, 0.15) is 5.60 Å². The van der Waals surface area contributed by atoms with E-state index in [1.807, 2.05) is 44.2 Å². The molecule has 7 heteroatoms. The van der Waals surface area contributed by atoms with Crippen molar-refractivity contribution < 1.29 is 19.8 Å². The number of thioether (sulfide) groups is 1. The average Bonchev–Trinajstić information content (AvgIpc) is 3.35. The van der Waals surface area contributed by atoms with Crippen molar-refractivity contribution in [2.45, 2.75) is 76.8 Å². The average molecular weight is 535 g/mol. The van der Waals surface area contributed by atoms with Crippen molar-refractivity contribution in [3.63, 3.8) is 0 Å². The fraction of sp³-hybridized carbons (Fsp3) is 0.581. The monoisotopic (exact) mass is 534 g/mol. The van der Waals surface area contributed by atoms with E-state index in [9.17, 15) is 19.8 Å². The molecule has 4 aliphatic carbocycles. The minimum absolute atomic E-state index is 0.0200. The number of benzene rings is 1. The van der Waals surface area contributed by atoms with Gasteiger partial charge >= 0.3 is 0 Å². The summed E-state index contributed by atoms with van der Waals surface area (Å²) in [6.07, 6.45) is 7.58. The largest absolute Gasteiger partial charge is 0.393 e. The summed E-state index contributed by atoms with van der Waals surface area (Å²) >= 11 is 1.40. The second-order valence-corrected chi connectivity index (χ2v) is 13.4. The Morgan fingerprint density at radius 2 is 2.03 bits per heavy atom. The number of aliphatic hydroxyl groups excluding tert-OH is 1. The number of fused-ring (bicyclic) bond motifs is 6. The smallest absolute Gasteiger partial charge is 0.178 e. The third-order valence-corrected chi connectivity index (χ3v) is 11.7. The number of aliphatic hydroxyl groups is 2. The molecule has 0 saturated heterocycles. The van der Waals surface area contributed by atoms with Gasteiger partial charge in [0.25, 0.3) is 0 Å². The van der Waals surface area contributed by atoms with Gasteiger partial charge < -0.3 is 14.8 Å². The zero-order valence-electron chi connectivity index (χ0n) is 22.7. The second kappa shape index (κ2) is 8.90. The molecule has 0 spiro atoms. The summed E-state index contributed by atoms with van der Waals surface area (Å²) in [5.74, 6) is 0.106. The Hall–Kier alpha value is -2.22. The molecule has 6 nitrogen and oxygen atoms in total. The van der Waals surface area contributed by atoms with Crippen molar-refractivity contribution in [3.8, 4) is 0 Å². The van der Waals surface area contributed by atoms with Crippen molar-refractivity contribution in [1.29, 1.82) is 0 Å². The van der Waals surface area contributed by atoms with Crippen molar-refractivity contribution in [2.75, 3.05) is 5.75 Å². The fourth-order valence-corrected chi connectivity index (χ4v) is 9.99. The molecule has 8 atom stereocenters. The summed E-state index contributed by atoms with van der Waals surface area (Å²) < 4.78 is 2.12. The number of imidazole rings is 1. The molecule has 4 aliphatic rings. The third-order valence-electron chi connectivity index (χ3n) is 10.8. The SMILES string of the molecule is CCn1c(SCC(=O)[C@@]2(O)[C@H](C)CC3C4CCC5=CC(=O)C=CC5(C)C4[C@@H](O)CC32C)nc2ccccc21. The van der Waals surface area contributed by atoms with Crippen molar-refractivity contribution in [3.05, 3.63) is 48.1 Å². The van der Waals surface area contributed by atoms with E-state index in [1.165, 1.54) is 11.8 Å². The van der Waals surface area contributed by atoms with E-state index in [4.69, 9.17) is 4.98 Å². The van der Waals surface area contributed by atoms with Crippen LogP contribution in [-0.2, 0) is 16.1 Å². The van der Waals surface area contributed by atoms with Crippen LogP contribution >= 0.6 is 11.8 Å². The Balaban J connectivity index is 1.29. The molecule has 6 rings (SSSR count). The maximum atomic E-state index is 14.0. The molecule has 2 aromatic rings. The zero-order chi connectivity index (χ0) is 27.0. The first kappa shape index (κ1) is 26.0. The molecule has 1 aromatic heterocycles. The number of allylic oxidation sites excluding steroid dienone is 4. The Morgan fingerprint density at radius 3 is 2.79 bits per heavy atom. The molecule has 0 amide bonds. The summed E-state index contributed by atoms with van der Waals surface area (Å²) in [6, 6.07) is 7.98. The number of ketones is 2. The van der Waals surface area contributed by atoms with E-state index in [0.717, 1.165) is 47.6 Å². The predicted octanol–water partition coefficient (Wildman–Crippen LogP) is 4.97. The Morgan fingerprint density at radius 1 is 1.26 bits per heavy atom. The number of hydrogen-bond donors (Lipinski definition) is 2. The van der Waals surface area contributed by atoms with Crippen molar-refractivity contribution in [1.82, 2.24) is 9.55 Å². The zero-order valence-corrected chi connectivity index (χ0v) is 23.5. The molecule has 5 unspecified atom stereocenters. The number of carbonyl (C=O) groups excluding carboxylic acids is 2. The second-order valence-electron chi connectivity index (χ2n) is 12.5. The summed E-state index contributed by atoms with van der Waals surface area (Å²) in [5, 5.41) is 24.7. The minimum atomic E-state index is -1.50. The number of carbonyl (C=O) groups is 2. The highest BCUT2D eigenvalue weighted by Crippen LogP contribution is 2.68. The van der Waals surface area contributed by atoms with Crippen LogP contribution in [0.3, 0.4) is 0 Å². The van der Waals surface area contributed by atoms with Crippen LogP contribution in [0.4, 0.5) is 0 Å². The lowest BCUT2D eigenvalue weighted by molar-refractivity contribution is -0.179. The molecular weight excluding hydrogens is 496 g/mol. The van der Waals surface area contributed by atoms with Crippen LogP contribution < -0.4 is 0 Å². The minimum Gasteiger partial charge on any atom is -0.393 e. The third kappa shape index (κ3) is 3.44. The van der Waals surface area contributed by atoms with Gasteiger partial charge in [-0.1, -0.05) is 56.3 Å². The van der Waals surface area contributed by atoms with Crippen LogP contribution in [0.5, 0.6) is 0 Å². The summed E-state index contributed by atoms with van der Waals surface area (Å²) in [6.45, 7) is 9.02. The molecule has 2 N–H and O–H groups in total. The number of para-hydroxylation sites is 2. The molecule has 1 aromatic carbocycles. The van der Waals surface area contributed by atoms with Gasteiger partial charge in [0.15, 0.2) is 16.7 Å². The Bertz CT molecular complexity index is 1380. The van der Waals surface area contributed by atoms with E-state index in [2.05, 4.69) is 18.4 Å². The fourth-order valence-electron chi connectivity index (χ4n) is 8.96. The van der Waals surface area contributed by atoms with Gasteiger partial charge in [-0.15, -0.1) is 0 Å². The van der Waals surface area contributed by atoms with E-state index < -0.39 is 17.1 Å². The van der Waals surface area contributed by atoms with Gasteiger partial charge in [0.2, 0.25) is 0 Å². The lowest BCUT2D eigenvalue weighted by Gasteiger charge is -2.59. The molecule has 202 valence electrons. The highest BCUT2D eigenvalue weighted by molar-refractivity contribution is 7.99. The van der Waals surface area contributed by atoms with Gasteiger partial charge in [-0.05, 0) is 74.6 Å². The maximum Gasteiger partial charge on any atom is 0.178 e. The summed E-state index contributed by atoms with van der Waals surface area (Å²) in [7, 11) is 0. The van der Waals surface area contributed by atoms with E-state index >= 15 is 0 Å². The van der Waals surface area contributed by atoms with Gasteiger partial charge in [-0.2, -0.15) is 0 Å². The van der Waals surface area contributed by atoms with E-state index in [0.29, 0.717) is 6.42 Å². The Labute approximate surface area is 228 Å². The summed E-state index contributed by atoms with van der Waals surface area (Å²) in [5.41, 5.74) is 0.491. The number of aryl methyl sites for hydroxylation is 1. The number of aromatic nitrogens is 2. The van der Waals surface area contributed by atoms with Crippen LogP contribution in [0.1, 0.15) is 53.4 Å². The lowest BCUT2D eigenvalue weighted by atomic mass is 9.46. The molecular formula is C31H38N2O4S. The number of hydrogen-bond acceptors (Lipinski definition) is 6. The number of rotatable bonds is 5. The van der Waals surface area contributed by atoms with Crippen LogP contribution in [0.25, 0.3) is 11.0 Å². The summed E-state index contributed by atoms with van der Waals surface area (Å²) in [4.78, 5) is 30.8. The molecule has 0 bridgehead atoms. The lowest BCUT2D eigenvalue weighted by Crippen LogP contribution is -2.62. The van der Waals surface area contributed by atoms with Crippen LogP contribution in [-0.4, -0.2) is 48.8 Å². The number of nitrogens with zero attached hydrogens (tertiary/aromatic N) is 2. The molecule has 3 fully saturated rings. The van der Waals surface area contributed by atoms with Crippen LogP contribution in [0.15, 0.2) is 53.2 Å². The van der Waals surface area contributed by atoms with Crippen molar-refractivity contribution in [2.24, 2.45) is 34.5 Å². The number of Topliss-reactive ketones (excluding diaryl/α,β-unsaturated/α-hetero) is 1. The van der Waals surface area contributed by atoms with Crippen molar-refractivity contribution >= 4 is 34.4 Å². The molecule has 0 radical (unpaired) electrons. The quantitative estimate of drug-likeness (QED) is 0.526. The van der Waals surface area contributed by atoms with Gasteiger partial charge in [0, 0.05) is 23.3 Å². The maximum absolute atomic E-state index is 14.0. The molecule has 3 saturated carbocycles. The van der Waals surface area contributed by atoms with Crippen LogP contribution in [0.2, 0.25) is 0 Å². The highest BCUT2D eigenvalue weighted by atomic mass is 32.2. The van der Waals surface area contributed by atoms with E-state index in [-0.39, 0.29) is 46.4 Å². The topological polar surface area (TPSA) is 92.4 Å². The molecule has 1 heterocycles. The predicted molar refractivity (Wildman–Crippen MR) is 149 cm³/mol. The first-order chi connectivity index (χ1) is 18.0. The van der Waals surface area contributed by atoms with Gasteiger partial charge in [-0.25, -0.2) is 4.98 Å². The normalized spacial score (nSPS) is 40.0. The highest BCUT2D eigenvalue weighted by Gasteiger charge is 2.70. The van der Waals surface area contributed by atoms with Gasteiger partial charge in [-0.3, -0.25) is 9.59 Å². The first-order valence-corrected chi connectivity index (χ1v) is 15.0.